The van der Waals surface area contributed by atoms with Crippen molar-refractivity contribution >= 4 is 43.8 Å². The highest BCUT2D eigenvalue weighted by atomic mass is 32.1. The number of hydrogen-bond acceptors (Lipinski definition) is 6. The fourth-order valence-electron chi connectivity index (χ4n) is 2.42. The number of anilines is 1. The van der Waals surface area contributed by atoms with Gasteiger partial charge in [-0.1, -0.05) is 42.9 Å². The molecule has 7 heteroatoms. The normalized spacial score (nSPS) is 11.0. The quantitative estimate of drug-likeness (QED) is 0.729. The molecule has 0 aliphatic rings. The van der Waals surface area contributed by atoms with Gasteiger partial charge >= 0.3 is 0 Å². The first-order valence-corrected chi connectivity index (χ1v) is 8.99. The first-order chi connectivity index (χ1) is 11.2. The zero-order valence-electron chi connectivity index (χ0n) is 13.0. The summed E-state index contributed by atoms with van der Waals surface area (Å²) in [6.45, 7) is 2.52. The first kappa shape index (κ1) is 16.0. The molecule has 1 aromatic carbocycles. The lowest BCUT2D eigenvalue weighted by Gasteiger charge is -2.03. The Labute approximate surface area is 142 Å². The van der Waals surface area contributed by atoms with Gasteiger partial charge in [0.2, 0.25) is 5.13 Å². The number of thiophene rings is 1. The largest absolute Gasteiger partial charge is 0.377 e. The molecule has 0 unspecified atom stereocenters. The highest BCUT2D eigenvalue weighted by Crippen LogP contribution is 2.33. The van der Waals surface area contributed by atoms with Crippen molar-refractivity contribution in [2.75, 3.05) is 12.4 Å². The third-order valence-electron chi connectivity index (χ3n) is 3.36. The molecule has 0 saturated heterocycles. The lowest BCUT2D eigenvalue weighted by atomic mass is 10.1. The van der Waals surface area contributed by atoms with Crippen LogP contribution in [0.15, 0.2) is 24.3 Å². The Hall–Kier alpha value is -1.83. The number of ether oxygens (including phenoxy) is 1. The van der Waals surface area contributed by atoms with Gasteiger partial charge in [-0.25, -0.2) is 0 Å². The molecule has 1 N–H and O–H groups in total. The molecule has 1 amide bonds. The summed E-state index contributed by atoms with van der Waals surface area (Å²) in [5.41, 5.74) is 1.12. The van der Waals surface area contributed by atoms with Crippen molar-refractivity contribution in [2.24, 2.45) is 0 Å². The minimum absolute atomic E-state index is 0.116. The van der Waals surface area contributed by atoms with Crippen LogP contribution >= 0.6 is 22.7 Å². The van der Waals surface area contributed by atoms with Crippen molar-refractivity contribution in [3.05, 3.63) is 39.7 Å². The van der Waals surface area contributed by atoms with Crippen molar-refractivity contribution in [2.45, 2.75) is 26.4 Å². The van der Waals surface area contributed by atoms with E-state index in [4.69, 9.17) is 4.74 Å². The number of benzene rings is 1. The van der Waals surface area contributed by atoms with Gasteiger partial charge in [0.05, 0.1) is 4.88 Å². The zero-order chi connectivity index (χ0) is 16.2. The minimum Gasteiger partial charge on any atom is -0.377 e. The van der Waals surface area contributed by atoms with Gasteiger partial charge in [0.15, 0.2) is 0 Å². The molecule has 0 radical (unpaired) electrons. The number of amides is 1. The molecule has 0 aliphatic heterocycles. The predicted molar refractivity (Wildman–Crippen MR) is 94.4 cm³/mol. The average molecular weight is 347 g/mol. The average Bonchev–Trinajstić information content (AvgIpc) is 3.13. The summed E-state index contributed by atoms with van der Waals surface area (Å²) in [4.78, 5) is 13.4. The molecule has 2 aromatic heterocycles. The van der Waals surface area contributed by atoms with Crippen LogP contribution in [-0.4, -0.2) is 23.2 Å². The van der Waals surface area contributed by atoms with Gasteiger partial charge in [0.1, 0.15) is 11.6 Å². The van der Waals surface area contributed by atoms with Gasteiger partial charge in [-0.2, -0.15) is 0 Å². The van der Waals surface area contributed by atoms with Crippen LogP contribution in [0.1, 0.15) is 33.6 Å². The highest BCUT2D eigenvalue weighted by molar-refractivity contribution is 7.21. The molecule has 120 valence electrons. The van der Waals surface area contributed by atoms with Crippen LogP contribution in [0.4, 0.5) is 5.13 Å². The van der Waals surface area contributed by atoms with E-state index in [0.29, 0.717) is 11.7 Å². The molecule has 0 spiro atoms. The van der Waals surface area contributed by atoms with Gasteiger partial charge in [0.25, 0.3) is 5.91 Å². The number of rotatable bonds is 6. The van der Waals surface area contributed by atoms with Gasteiger partial charge in [0, 0.05) is 11.8 Å². The number of methoxy groups -OCH3 is 1. The van der Waals surface area contributed by atoms with Crippen LogP contribution in [0.2, 0.25) is 0 Å². The molecule has 0 bridgehead atoms. The molecular weight excluding hydrogens is 330 g/mol. The molecule has 23 heavy (non-hydrogen) atoms. The number of carbonyl (C=O) groups is 1. The maximum atomic E-state index is 12.7. The molecule has 5 nitrogen and oxygen atoms in total. The second-order valence-corrected chi connectivity index (χ2v) is 7.16. The van der Waals surface area contributed by atoms with E-state index in [1.165, 1.54) is 28.1 Å². The Balaban J connectivity index is 1.88. The number of carbonyl (C=O) groups excluding carboxylic acids is 1. The number of nitrogens with zero attached hydrogens (tertiary/aromatic N) is 2. The monoisotopic (exact) mass is 347 g/mol. The zero-order valence-corrected chi connectivity index (χ0v) is 14.6. The molecule has 0 saturated carbocycles. The minimum atomic E-state index is -0.116. The molecule has 2 heterocycles. The summed E-state index contributed by atoms with van der Waals surface area (Å²) in [6.07, 6.45) is 1.88. The maximum Gasteiger partial charge on any atom is 0.267 e. The second-order valence-electron chi connectivity index (χ2n) is 5.04. The van der Waals surface area contributed by atoms with Crippen molar-refractivity contribution in [1.29, 1.82) is 0 Å². The molecule has 0 aliphatic carbocycles. The number of nitrogens with one attached hydrogen (secondary N) is 1. The topological polar surface area (TPSA) is 64.1 Å². The SMILES string of the molecule is CCCc1c(C(=O)Nc2nnc(COC)s2)sc2ccccc12. The summed E-state index contributed by atoms with van der Waals surface area (Å²) in [5, 5.41) is 13.2. The molecule has 0 fully saturated rings. The maximum absolute atomic E-state index is 12.7. The van der Waals surface area contributed by atoms with Crippen LogP contribution in [0.5, 0.6) is 0 Å². The van der Waals surface area contributed by atoms with E-state index in [-0.39, 0.29) is 5.91 Å². The Morgan fingerprint density at radius 3 is 2.87 bits per heavy atom. The Morgan fingerprint density at radius 2 is 2.09 bits per heavy atom. The summed E-state index contributed by atoms with van der Waals surface area (Å²) in [7, 11) is 1.61. The molecule has 0 atom stereocenters. The predicted octanol–water partition coefficient (Wildman–Crippen LogP) is 4.10. The van der Waals surface area contributed by atoms with Crippen molar-refractivity contribution in [1.82, 2.24) is 10.2 Å². The van der Waals surface area contributed by atoms with E-state index in [0.717, 1.165) is 33.0 Å². The van der Waals surface area contributed by atoms with E-state index in [9.17, 15) is 4.79 Å². The van der Waals surface area contributed by atoms with Gasteiger partial charge in [-0.05, 0) is 23.4 Å². The lowest BCUT2D eigenvalue weighted by molar-refractivity contribution is 0.102. The summed E-state index contributed by atoms with van der Waals surface area (Å²) >= 11 is 2.86. The van der Waals surface area contributed by atoms with Crippen LogP contribution in [0.3, 0.4) is 0 Å². The second kappa shape index (κ2) is 7.16. The Kier molecular flexibility index (Phi) is 5.00. The van der Waals surface area contributed by atoms with Crippen LogP contribution < -0.4 is 5.32 Å². The van der Waals surface area contributed by atoms with E-state index < -0.39 is 0 Å². The third kappa shape index (κ3) is 3.41. The van der Waals surface area contributed by atoms with Gasteiger partial charge < -0.3 is 4.74 Å². The van der Waals surface area contributed by atoms with Gasteiger partial charge in [-0.15, -0.1) is 21.5 Å². The molecule has 3 aromatic rings. The van der Waals surface area contributed by atoms with Crippen molar-refractivity contribution < 1.29 is 9.53 Å². The lowest BCUT2D eigenvalue weighted by Crippen LogP contribution is -2.12. The fraction of sp³-hybridized carbons (Fsp3) is 0.312. The number of hydrogen-bond donors (Lipinski definition) is 1. The number of aryl methyl sites for hydroxylation is 1. The first-order valence-electron chi connectivity index (χ1n) is 7.36. The van der Waals surface area contributed by atoms with E-state index >= 15 is 0 Å². The van der Waals surface area contributed by atoms with E-state index in [1.54, 1.807) is 7.11 Å². The third-order valence-corrected chi connectivity index (χ3v) is 5.38. The Bertz CT molecular complexity index is 826. The highest BCUT2D eigenvalue weighted by Gasteiger charge is 2.19. The van der Waals surface area contributed by atoms with Crippen molar-refractivity contribution in [3.8, 4) is 0 Å². The van der Waals surface area contributed by atoms with Crippen molar-refractivity contribution in [3.63, 3.8) is 0 Å². The molecular formula is C16H17N3O2S2. The van der Waals surface area contributed by atoms with E-state index in [2.05, 4.69) is 34.6 Å². The van der Waals surface area contributed by atoms with Crippen LogP contribution in [0.25, 0.3) is 10.1 Å². The summed E-state index contributed by atoms with van der Waals surface area (Å²) in [6, 6.07) is 8.14. The number of aromatic nitrogens is 2. The van der Waals surface area contributed by atoms with E-state index in [1.807, 2.05) is 12.1 Å². The Morgan fingerprint density at radius 1 is 1.26 bits per heavy atom. The molecule has 3 rings (SSSR count). The van der Waals surface area contributed by atoms with Crippen LogP contribution in [-0.2, 0) is 17.8 Å². The fourth-order valence-corrected chi connectivity index (χ4v) is 4.27. The summed E-state index contributed by atoms with van der Waals surface area (Å²) < 4.78 is 6.16. The summed E-state index contributed by atoms with van der Waals surface area (Å²) in [5.74, 6) is -0.116. The number of fused-ring (bicyclic) bond motifs is 1. The standard InChI is InChI=1S/C16H17N3O2S2/c1-3-6-11-10-7-4-5-8-12(10)22-14(11)15(20)17-16-19-18-13(23-16)9-21-2/h4-5,7-8H,3,6,9H2,1-2H3,(H,17,19,20). The smallest absolute Gasteiger partial charge is 0.267 e. The van der Waals surface area contributed by atoms with Crippen LogP contribution in [0, 0.1) is 0 Å². The van der Waals surface area contributed by atoms with Gasteiger partial charge in [-0.3, -0.25) is 10.1 Å².